The van der Waals surface area contributed by atoms with E-state index in [-0.39, 0.29) is 23.8 Å². The Hall–Kier alpha value is -3.00. The van der Waals surface area contributed by atoms with Crippen LogP contribution < -0.4 is 10.7 Å². The predicted molar refractivity (Wildman–Crippen MR) is 99.0 cm³/mol. The van der Waals surface area contributed by atoms with Crippen molar-refractivity contribution < 1.29 is 19.4 Å². The Balaban J connectivity index is 1.97. The Labute approximate surface area is 158 Å². The topological polar surface area (TPSA) is 101 Å². The molecule has 0 spiro atoms. The number of carbonyl (C=O) groups is 2. The molecule has 1 aromatic carbocycles. The van der Waals surface area contributed by atoms with E-state index in [2.05, 4.69) is 4.98 Å². The van der Waals surface area contributed by atoms with Crippen LogP contribution in [0.4, 0.5) is 0 Å². The molecular formula is C19H17N2O5S-. The zero-order valence-corrected chi connectivity index (χ0v) is 15.8. The summed E-state index contributed by atoms with van der Waals surface area (Å²) in [6.07, 6.45) is 1.17. The van der Waals surface area contributed by atoms with Gasteiger partial charge in [-0.15, -0.1) is 11.3 Å². The maximum atomic E-state index is 12.9. The van der Waals surface area contributed by atoms with Crippen LogP contribution in [0, 0.1) is 6.92 Å². The standard InChI is InChI=1S/C19H18N2O5S/c1-10(2)26-19(25)15-11(3)14-16(27-15)20-9-21(17(14)22)8-12-4-6-13(7-5-12)18(23)24/h4-7,9-10H,8H2,1-3H3,(H,23,24)/p-1. The summed E-state index contributed by atoms with van der Waals surface area (Å²) in [5.74, 6) is -1.72. The van der Waals surface area contributed by atoms with E-state index >= 15 is 0 Å². The van der Waals surface area contributed by atoms with Crippen molar-refractivity contribution in [3.05, 3.63) is 62.5 Å². The molecule has 0 saturated carbocycles. The first-order chi connectivity index (χ1) is 12.8. The first-order valence-electron chi connectivity index (χ1n) is 8.27. The van der Waals surface area contributed by atoms with Gasteiger partial charge in [-0.1, -0.05) is 24.3 Å². The Morgan fingerprint density at radius 1 is 1.26 bits per heavy atom. The molecule has 0 aliphatic carbocycles. The second-order valence-electron chi connectivity index (χ2n) is 6.35. The minimum atomic E-state index is -1.25. The van der Waals surface area contributed by atoms with Crippen LogP contribution in [0.2, 0.25) is 0 Å². The van der Waals surface area contributed by atoms with E-state index in [4.69, 9.17) is 4.74 Å². The minimum Gasteiger partial charge on any atom is -0.545 e. The second-order valence-corrected chi connectivity index (χ2v) is 7.35. The maximum Gasteiger partial charge on any atom is 0.348 e. The van der Waals surface area contributed by atoms with E-state index in [9.17, 15) is 19.5 Å². The number of hydrogen-bond acceptors (Lipinski definition) is 7. The monoisotopic (exact) mass is 385 g/mol. The SMILES string of the molecule is Cc1c(C(=O)OC(C)C)sc2ncn(Cc3ccc(C(=O)[O-])cc3)c(=O)c12. The third-order valence-electron chi connectivity index (χ3n) is 3.99. The quantitative estimate of drug-likeness (QED) is 0.620. The molecule has 8 heteroatoms. The Kier molecular flexibility index (Phi) is 5.09. The van der Waals surface area contributed by atoms with E-state index in [0.717, 1.165) is 16.9 Å². The molecule has 0 unspecified atom stereocenters. The molecule has 0 aliphatic rings. The van der Waals surface area contributed by atoms with Gasteiger partial charge in [0.15, 0.2) is 0 Å². The molecule has 7 nitrogen and oxygen atoms in total. The van der Waals surface area contributed by atoms with Crippen molar-refractivity contribution in [2.75, 3.05) is 0 Å². The fourth-order valence-corrected chi connectivity index (χ4v) is 3.70. The molecular weight excluding hydrogens is 368 g/mol. The Morgan fingerprint density at radius 2 is 1.93 bits per heavy atom. The van der Waals surface area contributed by atoms with E-state index in [1.807, 2.05) is 0 Å². The van der Waals surface area contributed by atoms with Gasteiger partial charge >= 0.3 is 5.97 Å². The van der Waals surface area contributed by atoms with E-state index in [0.29, 0.717) is 20.7 Å². The second kappa shape index (κ2) is 7.32. The van der Waals surface area contributed by atoms with E-state index in [1.54, 1.807) is 32.9 Å². The molecule has 3 rings (SSSR count). The maximum absolute atomic E-state index is 12.9. The van der Waals surface area contributed by atoms with Crippen molar-refractivity contribution in [1.82, 2.24) is 9.55 Å². The zero-order chi connectivity index (χ0) is 19.7. The van der Waals surface area contributed by atoms with Gasteiger partial charge in [0.2, 0.25) is 0 Å². The fraction of sp³-hybridized carbons (Fsp3) is 0.263. The average Bonchev–Trinajstić information content (AvgIpc) is 2.95. The number of thiophene rings is 1. The molecule has 27 heavy (non-hydrogen) atoms. The van der Waals surface area contributed by atoms with Crippen molar-refractivity contribution in [3.8, 4) is 0 Å². The lowest BCUT2D eigenvalue weighted by Gasteiger charge is -2.08. The van der Waals surface area contributed by atoms with Crippen molar-refractivity contribution >= 4 is 33.5 Å². The molecule has 140 valence electrons. The summed E-state index contributed by atoms with van der Waals surface area (Å²) in [5, 5.41) is 11.2. The molecule has 0 aliphatic heterocycles. The molecule has 0 fully saturated rings. The predicted octanol–water partition coefficient (Wildman–Crippen LogP) is 1.74. The first kappa shape index (κ1) is 18.8. The number of carboxylic acid groups (broad SMARTS) is 1. The molecule has 0 N–H and O–H groups in total. The molecule has 0 amide bonds. The number of aromatic nitrogens is 2. The summed E-state index contributed by atoms with van der Waals surface area (Å²) >= 11 is 1.14. The first-order valence-corrected chi connectivity index (χ1v) is 9.09. The van der Waals surface area contributed by atoms with Gasteiger partial charge in [-0.05, 0) is 37.5 Å². The summed E-state index contributed by atoms with van der Waals surface area (Å²) < 4.78 is 6.65. The Morgan fingerprint density at radius 3 is 2.52 bits per heavy atom. The molecule has 0 saturated heterocycles. The van der Waals surface area contributed by atoms with Crippen LogP contribution in [0.15, 0.2) is 35.4 Å². The highest BCUT2D eigenvalue weighted by atomic mass is 32.1. The highest BCUT2D eigenvalue weighted by Gasteiger charge is 2.21. The molecule has 0 atom stereocenters. The number of fused-ring (bicyclic) bond motifs is 1. The number of benzene rings is 1. The van der Waals surface area contributed by atoms with Crippen LogP contribution in [-0.4, -0.2) is 27.6 Å². The molecule has 0 bridgehead atoms. The van der Waals surface area contributed by atoms with Crippen molar-refractivity contribution in [3.63, 3.8) is 0 Å². The molecule has 3 aromatic rings. The van der Waals surface area contributed by atoms with Crippen LogP contribution in [0.5, 0.6) is 0 Å². The Bertz CT molecular complexity index is 1080. The van der Waals surface area contributed by atoms with Gasteiger partial charge in [0.05, 0.1) is 30.3 Å². The van der Waals surface area contributed by atoms with Crippen molar-refractivity contribution in [2.24, 2.45) is 0 Å². The summed E-state index contributed by atoms with van der Waals surface area (Å²) in [7, 11) is 0. The van der Waals surface area contributed by atoms with Gasteiger partial charge in [0, 0.05) is 0 Å². The average molecular weight is 385 g/mol. The summed E-state index contributed by atoms with van der Waals surface area (Å²) in [6, 6.07) is 6.09. The number of ether oxygens (including phenoxy) is 1. The van der Waals surface area contributed by atoms with Crippen molar-refractivity contribution in [1.29, 1.82) is 0 Å². The largest absolute Gasteiger partial charge is 0.545 e. The number of esters is 1. The van der Waals surface area contributed by atoms with Crippen LogP contribution >= 0.6 is 11.3 Å². The molecule has 2 aromatic heterocycles. The van der Waals surface area contributed by atoms with E-state index in [1.165, 1.54) is 23.0 Å². The smallest absolute Gasteiger partial charge is 0.348 e. The number of carboxylic acids is 1. The van der Waals surface area contributed by atoms with E-state index < -0.39 is 11.9 Å². The van der Waals surface area contributed by atoms with Gasteiger partial charge in [-0.2, -0.15) is 0 Å². The highest BCUT2D eigenvalue weighted by Crippen LogP contribution is 2.27. The number of hydrogen-bond donors (Lipinski definition) is 0. The lowest BCUT2D eigenvalue weighted by molar-refractivity contribution is -0.255. The van der Waals surface area contributed by atoms with Gasteiger partial charge in [0.1, 0.15) is 9.71 Å². The van der Waals surface area contributed by atoms with Crippen LogP contribution in [0.25, 0.3) is 10.2 Å². The molecule has 2 heterocycles. The fourth-order valence-electron chi connectivity index (χ4n) is 2.68. The minimum absolute atomic E-state index is 0.0710. The number of nitrogens with zero attached hydrogens (tertiary/aromatic N) is 2. The van der Waals surface area contributed by atoms with Gasteiger partial charge in [-0.3, -0.25) is 9.36 Å². The number of aryl methyl sites for hydroxylation is 1. The summed E-state index contributed by atoms with van der Waals surface area (Å²) in [6.45, 7) is 5.46. The zero-order valence-electron chi connectivity index (χ0n) is 15.0. The van der Waals surface area contributed by atoms with Gasteiger partial charge in [-0.25, -0.2) is 9.78 Å². The van der Waals surface area contributed by atoms with Crippen LogP contribution in [-0.2, 0) is 11.3 Å². The summed E-state index contributed by atoms with van der Waals surface area (Å²) in [5.41, 5.74) is 1.11. The van der Waals surface area contributed by atoms with Crippen LogP contribution in [0.1, 0.15) is 45.0 Å². The lowest BCUT2D eigenvalue weighted by Crippen LogP contribution is -2.23. The normalized spacial score (nSPS) is 11.1. The summed E-state index contributed by atoms with van der Waals surface area (Å²) in [4.78, 5) is 41.1. The van der Waals surface area contributed by atoms with Crippen LogP contribution in [0.3, 0.4) is 0 Å². The van der Waals surface area contributed by atoms with Crippen molar-refractivity contribution in [2.45, 2.75) is 33.4 Å². The van der Waals surface area contributed by atoms with Gasteiger partial charge < -0.3 is 14.6 Å². The van der Waals surface area contributed by atoms with Gasteiger partial charge in [0.25, 0.3) is 5.56 Å². The molecule has 0 radical (unpaired) electrons. The number of carbonyl (C=O) groups excluding carboxylic acids is 2. The number of rotatable bonds is 5. The third-order valence-corrected chi connectivity index (χ3v) is 5.17. The third kappa shape index (κ3) is 3.75. The lowest BCUT2D eigenvalue weighted by atomic mass is 10.1. The number of aromatic carboxylic acids is 1. The highest BCUT2D eigenvalue weighted by molar-refractivity contribution is 7.20.